The second-order valence-corrected chi connectivity index (χ2v) is 6.01. The summed E-state index contributed by atoms with van der Waals surface area (Å²) in [5, 5.41) is 0.652. The summed E-state index contributed by atoms with van der Waals surface area (Å²) in [4.78, 5) is 4.37. The van der Waals surface area contributed by atoms with Gasteiger partial charge in [0.15, 0.2) is 0 Å². The van der Waals surface area contributed by atoms with Crippen LogP contribution in [0.25, 0.3) is 0 Å². The molecule has 1 aromatic rings. The maximum atomic E-state index is 6.24. The number of aromatic nitrogens is 1. The standard InChI is InChI=1S/C15H22ClNO/c1-11(2)8-12-9-14(16)15(17-10-12)18-13-6-4-3-5-7-13/h9-11,13H,3-8H2,1-2H3. The van der Waals surface area contributed by atoms with Gasteiger partial charge < -0.3 is 4.74 Å². The number of halogens is 1. The van der Waals surface area contributed by atoms with E-state index in [0.29, 0.717) is 22.9 Å². The molecule has 0 amide bonds. The Morgan fingerprint density at radius 2 is 2.06 bits per heavy atom. The molecule has 0 radical (unpaired) electrons. The van der Waals surface area contributed by atoms with Gasteiger partial charge in [-0.3, -0.25) is 0 Å². The molecule has 1 heterocycles. The summed E-state index contributed by atoms with van der Waals surface area (Å²) in [6.07, 6.45) is 9.31. The minimum absolute atomic E-state index is 0.305. The third kappa shape index (κ3) is 3.88. The normalized spacial score (nSPS) is 17.1. The highest BCUT2D eigenvalue weighted by atomic mass is 35.5. The highest BCUT2D eigenvalue weighted by Gasteiger charge is 2.17. The summed E-state index contributed by atoms with van der Waals surface area (Å²) in [6, 6.07) is 1.99. The average Bonchev–Trinajstić information content (AvgIpc) is 2.33. The number of pyridine rings is 1. The van der Waals surface area contributed by atoms with Crippen LogP contribution in [0.5, 0.6) is 5.88 Å². The van der Waals surface area contributed by atoms with Crippen LogP contribution in [0.3, 0.4) is 0 Å². The van der Waals surface area contributed by atoms with Gasteiger partial charge in [0.1, 0.15) is 11.1 Å². The van der Waals surface area contributed by atoms with Crippen LogP contribution in [-0.2, 0) is 6.42 Å². The Balaban J connectivity index is 2.00. The van der Waals surface area contributed by atoms with E-state index in [-0.39, 0.29) is 0 Å². The van der Waals surface area contributed by atoms with Crippen LogP contribution >= 0.6 is 11.6 Å². The molecule has 0 unspecified atom stereocenters. The lowest BCUT2D eigenvalue weighted by Crippen LogP contribution is -2.20. The molecule has 100 valence electrons. The molecule has 0 aromatic carbocycles. The molecular formula is C15H22ClNO. The van der Waals surface area contributed by atoms with E-state index in [1.807, 2.05) is 12.3 Å². The van der Waals surface area contributed by atoms with Crippen molar-refractivity contribution in [1.29, 1.82) is 0 Å². The summed E-state index contributed by atoms with van der Waals surface area (Å²) in [5.41, 5.74) is 1.19. The Kier molecular flexibility index (Phi) is 4.87. The van der Waals surface area contributed by atoms with Gasteiger partial charge in [0.25, 0.3) is 0 Å². The first-order valence-electron chi connectivity index (χ1n) is 6.96. The van der Waals surface area contributed by atoms with Gasteiger partial charge in [-0.25, -0.2) is 4.98 Å². The molecule has 0 aliphatic heterocycles. The summed E-state index contributed by atoms with van der Waals surface area (Å²) < 4.78 is 5.90. The lowest BCUT2D eigenvalue weighted by atomic mass is 9.98. The highest BCUT2D eigenvalue weighted by molar-refractivity contribution is 6.31. The predicted molar refractivity (Wildman–Crippen MR) is 75.3 cm³/mol. The molecular weight excluding hydrogens is 246 g/mol. The molecule has 1 aliphatic rings. The average molecular weight is 268 g/mol. The number of ether oxygens (including phenoxy) is 1. The van der Waals surface area contributed by atoms with Gasteiger partial charge in [0.2, 0.25) is 5.88 Å². The van der Waals surface area contributed by atoms with Crippen molar-refractivity contribution in [1.82, 2.24) is 4.98 Å². The van der Waals surface area contributed by atoms with Crippen LogP contribution in [0.4, 0.5) is 0 Å². The first-order chi connectivity index (χ1) is 8.65. The lowest BCUT2D eigenvalue weighted by Gasteiger charge is -2.22. The molecule has 0 spiro atoms. The van der Waals surface area contributed by atoms with E-state index in [9.17, 15) is 0 Å². The van der Waals surface area contributed by atoms with Gasteiger partial charge in [-0.1, -0.05) is 31.9 Å². The van der Waals surface area contributed by atoms with Crippen LogP contribution in [0.1, 0.15) is 51.5 Å². The maximum absolute atomic E-state index is 6.24. The highest BCUT2D eigenvalue weighted by Crippen LogP contribution is 2.28. The van der Waals surface area contributed by atoms with Crippen LogP contribution in [0.2, 0.25) is 5.02 Å². The fourth-order valence-electron chi connectivity index (χ4n) is 2.48. The van der Waals surface area contributed by atoms with E-state index in [1.54, 1.807) is 0 Å². The van der Waals surface area contributed by atoms with Crippen molar-refractivity contribution in [2.24, 2.45) is 5.92 Å². The quantitative estimate of drug-likeness (QED) is 0.793. The summed E-state index contributed by atoms with van der Waals surface area (Å²) >= 11 is 6.24. The van der Waals surface area contributed by atoms with Crippen molar-refractivity contribution in [2.45, 2.75) is 58.5 Å². The molecule has 0 saturated heterocycles. The monoisotopic (exact) mass is 267 g/mol. The second-order valence-electron chi connectivity index (χ2n) is 5.61. The van der Waals surface area contributed by atoms with E-state index in [0.717, 1.165) is 19.3 Å². The van der Waals surface area contributed by atoms with Crippen molar-refractivity contribution in [3.05, 3.63) is 22.8 Å². The molecule has 1 aliphatic carbocycles. The summed E-state index contributed by atoms with van der Waals surface area (Å²) in [6.45, 7) is 4.39. The SMILES string of the molecule is CC(C)Cc1cnc(OC2CCCCC2)c(Cl)c1. The number of nitrogens with zero attached hydrogens (tertiary/aromatic N) is 1. The van der Waals surface area contributed by atoms with Gasteiger partial charge in [0.05, 0.1) is 0 Å². The van der Waals surface area contributed by atoms with Crippen LogP contribution in [0.15, 0.2) is 12.3 Å². The smallest absolute Gasteiger partial charge is 0.232 e. The van der Waals surface area contributed by atoms with E-state index >= 15 is 0 Å². The van der Waals surface area contributed by atoms with E-state index < -0.39 is 0 Å². The van der Waals surface area contributed by atoms with E-state index in [1.165, 1.54) is 24.8 Å². The van der Waals surface area contributed by atoms with E-state index in [2.05, 4.69) is 18.8 Å². The molecule has 18 heavy (non-hydrogen) atoms. The zero-order valence-electron chi connectivity index (χ0n) is 11.3. The summed E-state index contributed by atoms with van der Waals surface area (Å²) in [7, 11) is 0. The largest absolute Gasteiger partial charge is 0.473 e. The molecule has 0 N–H and O–H groups in total. The maximum Gasteiger partial charge on any atom is 0.232 e. The van der Waals surface area contributed by atoms with Crippen molar-refractivity contribution >= 4 is 11.6 Å². The molecule has 0 atom stereocenters. The van der Waals surface area contributed by atoms with Gasteiger partial charge in [-0.15, -0.1) is 0 Å². The van der Waals surface area contributed by atoms with Gasteiger partial charge in [-0.2, -0.15) is 0 Å². The molecule has 1 fully saturated rings. The molecule has 0 bridgehead atoms. The van der Waals surface area contributed by atoms with Gasteiger partial charge >= 0.3 is 0 Å². The zero-order chi connectivity index (χ0) is 13.0. The molecule has 2 rings (SSSR count). The molecule has 1 saturated carbocycles. The van der Waals surface area contributed by atoms with Crippen molar-refractivity contribution in [3.63, 3.8) is 0 Å². The molecule has 2 nitrogen and oxygen atoms in total. The van der Waals surface area contributed by atoms with Gasteiger partial charge in [-0.05, 0) is 49.7 Å². The Morgan fingerprint density at radius 1 is 1.33 bits per heavy atom. The van der Waals surface area contributed by atoms with Crippen LogP contribution in [0, 0.1) is 5.92 Å². The van der Waals surface area contributed by atoms with Crippen LogP contribution in [-0.4, -0.2) is 11.1 Å². The van der Waals surface area contributed by atoms with E-state index in [4.69, 9.17) is 16.3 Å². The third-order valence-electron chi connectivity index (χ3n) is 3.34. The Labute approximate surface area is 115 Å². The first kappa shape index (κ1) is 13.7. The lowest BCUT2D eigenvalue weighted by molar-refractivity contribution is 0.148. The number of hydrogen-bond donors (Lipinski definition) is 0. The van der Waals surface area contributed by atoms with Crippen molar-refractivity contribution in [3.8, 4) is 5.88 Å². The fraction of sp³-hybridized carbons (Fsp3) is 0.667. The first-order valence-corrected chi connectivity index (χ1v) is 7.34. The van der Waals surface area contributed by atoms with Crippen molar-refractivity contribution < 1.29 is 4.74 Å². The van der Waals surface area contributed by atoms with Crippen molar-refractivity contribution in [2.75, 3.05) is 0 Å². The Hall–Kier alpha value is -0.760. The predicted octanol–water partition coefficient (Wildman–Crippen LogP) is 4.65. The number of hydrogen-bond acceptors (Lipinski definition) is 2. The van der Waals surface area contributed by atoms with Gasteiger partial charge in [0, 0.05) is 6.20 Å². The molecule has 3 heteroatoms. The Bertz CT molecular complexity index is 386. The third-order valence-corrected chi connectivity index (χ3v) is 3.61. The minimum Gasteiger partial charge on any atom is -0.473 e. The fourth-order valence-corrected chi connectivity index (χ4v) is 2.71. The zero-order valence-corrected chi connectivity index (χ0v) is 12.0. The Morgan fingerprint density at radius 3 is 2.67 bits per heavy atom. The van der Waals surface area contributed by atoms with Crippen LogP contribution < -0.4 is 4.74 Å². The number of rotatable bonds is 4. The minimum atomic E-state index is 0.305. The topological polar surface area (TPSA) is 22.1 Å². The molecule has 1 aromatic heterocycles. The summed E-state index contributed by atoms with van der Waals surface area (Å²) in [5.74, 6) is 1.23. The second kappa shape index (κ2) is 6.42.